The first-order chi connectivity index (χ1) is 11.3. The van der Waals surface area contributed by atoms with Crippen molar-refractivity contribution < 1.29 is 9.59 Å². The minimum Gasteiger partial charge on any atom is -0.327 e. The predicted molar refractivity (Wildman–Crippen MR) is 97.8 cm³/mol. The summed E-state index contributed by atoms with van der Waals surface area (Å²) in [7, 11) is 0. The monoisotopic (exact) mass is 349 g/mol. The molecule has 0 radical (unpaired) electrons. The van der Waals surface area contributed by atoms with Gasteiger partial charge in [0.05, 0.1) is 17.1 Å². The summed E-state index contributed by atoms with van der Waals surface area (Å²) in [5.74, 6) is 0.772. The van der Waals surface area contributed by atoms with Gasteiger partial charge < -0.3 is 10.1 Å². The van der Waals surface area contributed by atoms with Crippen molar-refractivity contribution in [2.75, 3.05) is 12.0 Å². The average Bonchev–Trinajstić information content (AvgIpc) is 2.81. The first-order valence-electron chi connectivity index (χ1n) is 7.76. The molecule has 0 bridgehead atoms. The summed E-state index contributed by atoms with van der Waals surface area (Å²) in [6, 6.07) is 5.92. The molecular formula is C17H23N3O3S. The predicted octanol–water partition coefficient (Wildman–Crippen LogP) is 2.34. The van der Waals surface area contributed by atoms with E-state index in [2.05, 4.69) is 5.32 Å². The standard InChI is InChI=1S/C17H23N3O3S/c1-17(2,3)14(11-21)18-15(22)20-13-8-6-5-7-12(13)19(16(20)23)9-10-24-4/h5-8,11,14H,9-10H2,1-4H3,(H,18,22)/t14-/m1/s1. The molecular weight excluding hydrogens is 326 g/mol. The van der Waals surface area contributed by atoms with Crippen LogP contribution < -0.4 is 11.0 Å². The zero-order chi connectivity index (χ0) is 17.9. The van der Waals surface area contributed by atoms with Gasteiger partial charge in [0.25, 0.3) is 0 Å². The van der Waals surface area contributed by atoms with Gasteiger partial charge in [0, 0.05) is 12.3 Å². The molecule has 0 saturated heterocycles. The Labute approximate surface area is 145 Å². The molecule has 1 atom stereocenters. The van der Waals surface area contributed by atoms with Gasteiger partial charge in [0.15, 0.2) is 0 Å². The van der Waals surface area contributed by atoms with E-state index in [1.165, 1.54) is 0 Å². The van der Waals surface area contributed by atoms with Crippen molar-refractivity contribution in [2.24, 2.45) is 5.41 Å². The fourth-order valence-corrected chi connectivity index (χ4v) is 2.82. The van der Waals surface area contributed by atoms with Gasteiger partial charge >= 0.3 is 11.7 Å². The van der Waals surface area contributed by atoms with Crippen LogP contribution in [0.2, 0.25) is 0 Å². The maximum Gasteiger partial charge on any atom is 0.337 e. The first kappa shape index (κ1) is 18.3. The minimum atomic E-state index is -0.676. The van der Waals surface area contributed by atoms with Crippen LogP contribution in [0.1, 0.15) is 20.8 Å². The Morgan fingerprint density at radius 2 is 1.92 bits per heavy atom. The Balaban J connectivity index is 2.48. The average molecular weight is 349 g/mol. The van der Waals surface area contributed by atoms with Crippen molar-refractivity contribution in [1.29, 1.82) is 0 Å². The molecule has 2 aromatic rings. The highest BCUT2D eigenvalue weighted by molar-refractivity contribution is 7.98. The number of aromatic nitrogens is 2. The highest BCUT2D eigenvalue weighted by atomic mass is 32.2. The number of aryl methyl sites for hydroxylation is 1. The molecule has 24 heavy (non-hydrogen) atoms. The lowest BCUT2D eigenvalue weighted by atomic mass is 9.88. The number of nitrogens with zero attached hydrogens (tertiary/aromatic N) is 2. The second kappa shape index (κ2) is 7.25. The van der Waals surface area contributed by atoms with Crippen molar-refractivity contribution in [3.05, 3.63) is 34.7 Å². The van der Waals surface area contributed by atoms with Gasteiger partial charge in [-0.3, -0.25) is 4.57 Å². The second-order valence-corrected chi connectivity index (χ2v) is 7.67. The third kappa shape index (κ3) is 3.56. The maximum absolute atomic E-state index is 12.7. The maximum atomic E-state index is 12.7. The molecule has 1 aromatic carbocycles. The Hall–Kier alpha value is -2.02. The number of benzene rings is 1. The molecule has 0 aliphatic carbocycles. The summed E-state index contributed by atoms with van der Waals surface area (Å²) in [4.78, 5) is 36.7. The largest absolute Gasteiger partial charge is 0.337 e. The molecule has 2 rings (SSSR count). The van der Waals surface area contributed by atoms with Crippen molar-refractivity contribution in [2.45, 2.75) is 33.4 Å². The highest BCUT2D eigenvalue weighted by Gasteiger charge is 2.28. The number of imidazole rings is 1. The van der Waals surface area contributed by atoms with E-state index in [9.17, 15) is 14.4 Å². The minimum absolute atomic E-state index is 0.388. The van der Waals surface area contributed by atoms with Gasteiger partial charge in [-0.1, -0.05) is 32.9 Å². The van der Waals surface area contributed by atoms with Gasteiger partial charge in [-0.15, -0.1) is 0 Å². The zero-order valence-corrected chi connectivity index (χ0v) is 15.2. The van der Waals surface area contributed by atoms with Crippen molar-refractivity contribution in [3.8, 4) is 0 Å². The van der Waals surface area contributed by atoms with Crippen LogP contribution in [0, 0.1) is 5.41 Å². The fraction of sp³-hybridized carbons (Fsp3) is 0.471. The number of hydrogen-bond donors (Lipinski definition) is 1. The summed E-state index contributed by atoms with van der Waals surface area (Å²) >= 11 is 1.63. The first-order valence-corrected chi connectivity index (χ1v) is 9.16. The van der Waals surface area contributed by atoms with Gasteiger partial charge in [0.1, 0.15) is 6.29 Å². The molecule has 7 heteroatoms. The lowest BCUT2D eigenvalue weighted by Gasteiger charge is -2.26. The molecule has 130 valence electrons. The van der Waals surface area contributed by atoms with Gasteiger partial charge in [-0.05, 0) is 23.8 Å². The lowest BCUT2D eigenvalue weighted by molar-refractivity contribution is -0.111. The van der Waals surface area contributed by atoms with Crippen LogP contribution in [0.15, 0.2) is 29.1 Å². The van der Waals surface area contributed by atoms with E-state index in [1.807, 2.05) is 39.2 Å². The smallest absolute Gasteiger partial charge is 0.327 e. The number of amides is 1. The Morgan fingerprint density at radius 1 is 1.29 bits per heavy atom. The van der Waals surface area contributed by atoms with Crippen molar-refractivity contribution >= 4 is 35.1 Å². The van der Waals surface area contributed by atoms with Crippen LogP contribution in [-0.4, -0.2) is 39.5 Å². The molecule has 0 unspecified atom stereocenters. The molecule has 6 nitrogen and oxygen atoms in total. The quantitative estimate of drug-likeness (QED) is 0.841. The molecule has 0 aliphatic heterocycles. The third-order valence-corrected chi connectivity index (χ3v) is 4.50. The summed E-state index contributed by atoms with van der Waals surface area (Å²) in [5.41, 5.74) is 0.434. The molecule has 1 N–H and O–H groups in total. The highest BCUT2D eigenvalue weighted by Crippen LogP contribution is 2.18. The molecule has 1 amide bonds. The summed E-state index contributed by atoms with van der Waals surface area (Å²) in [6.45, 7) is 6.10. The number of thioether (sulfide) groups is 1. The van der Waals surface area contributed by atoms with E-state index in [1.54, 1.807) is 28.5 Å². The number of nitrogens with one attached hydrogen (secondary N) is 1. The van der Waals surface area contributed by atoms with E-state index < -0.39 is 17.5 Å². The van der Waals surface area contributed by atoms with Gasteiger partial charge in [-0.2, -0.15) is 11.8 Å². The van der Waals surface area contributed by atoms with Gasteiger partial charge in [-0.25, -0.2) is 14.2 Å². The number of rotatable bonds is 5. The molecule has 0 saturated carbocycles. The van der Waals surface area contributed by atoms with Crippen LogP contribution in [0.4, 0.5) is 4.79 Å². The van der Waals surface area contributed by atoms with Crippen LogP contribution >= 0.6 is 11.8 Å². The van der Waals surface area contributed by atoms with Crippen molar-refractivity contribution in [3.63, 3.8) is 0 Å². The van der Waals surface area contributed by atoms with Crippen molar-refractivity contribution in [1.82, 2.24) is 14.5 Å². The van der Waals surface area contributed by atoms with Gasteiger partial charge in [0.2, 0.25) is 0 Å². The molecule has 0 spiro atoms. The van der Waals surface area contributed by atoms with Crippen LogP contribution in [0.3, 0.4) is 0 Å². The zero-order valence-electron chi connectivity index (χ0n) is 14.4. The van der Waals surface area contributed by atoms with E-state index in [4.69, 9.17) is 0 Å². The van der Waals surface area contributed by atoms with Crippen LogP contribution in [0.5, 0.6) is 0 Å². The van der Waals surface area contributed by atoms with E-state index in [0.717, 1.165) is 10.3 Å². The van der Waals surface area contributed by atoms with Crippen LogP contribution in [0.25, 0.3) is 11.0 Å². The number of fused-ring (bicyclic) bond motifs is 1. The number of para-hydroxylation sites is 2. The summed E-state index contributed by atoms with van der Waals surface area (Å²) in [5, 5.41) is 2.66. The number of hydrogen-bond acceptors (Lipinski definition) is 4. The Morgan fingerprint density at radius 3 is 2.46 bits per heavy atom. The topological polar surface area (TPSA) is 73.1 Å². The second-order valence-electron chi connectivity index (χ2n) is 6.68. The third-order valence-electron chi connectivity index (χ3n) is 3.91. The van der Waals surface area contributed by atoms with Crippen LogP contribution in [-0.2, 0) is 11.3 Å². The molecule has 1 aromatic heterocycles. The molecule has 0 fully saturated rings. The number of carbonyl (C=O) groups excluding carboxylic acids is 2. The number of aldehydes is 1. The molecule has 0 aliphatic rings. The summed E-state index contributed by atoms with van der Waals surface area (Å²) < 4.78 is 2.70. The van der Waals surface area contributed by atoms with E-state index in [0.29, 0.717) is 23.9 Å². The summed E-state index contributed by atoms with van der Waals surface area (Å²) in [6.07, 6.45) is 2.67. The number of carbonyl (C=O) groups is 2. The lowest BCUT2D eigenvalue weighted by Crippen LogP contribution is -2.48. The normalized spacial score (nSPS) is 13.0. The Kier molecular flexibility index (Phi) is 5.54. The molecule has 1 heterocycles. The fourth-order valence-electron chi connectivity index (χ4n) is 2.46. The Bertz CT molecular complexity index is 801. The van der Waals surface area contributed by atoms with E-state index in [-0.39, 0.29) is 5.69 Å². The van der Waals surface area contributed by atoms with E-state index >= 15 is 0 Å². The SMILES string of the molecule is CSCCn1c(=O)n(C(=O)N[C@H](C=O)C(C)(C)C)c2ccccc21.